The first kappa shape index (κ1) is 20.1. The second kappa shape index (κ2) is 8.65. The lowest BCUT2D eigenvalue weighted by Crippen LogP contribution is -2.39. The van der Waals surface area contributed by atoms with Crippen molar-refractivity contribution >= 4 is 5.91 Å². The minimum absolute atomic E-state index is 0.0966. The fourth-order valence-corrected chi connectivity index (χ4v) is 4.07. The molecule has 1 aliphatic rings. The molecule has 0 unspecified atom stereocenters. The number of piperidine rings is 1. The molecule has 1 aromatic heterocycles. The van der Waals surface area contributed by atoms with E-state index in [1.54, 1.807) is 28.6 Å². The van der Waals surface area contributed by atoms with Gasteiger partial charge in [-0.1, -0.05) is 42.5 Å². The van der Waals surface area contributed by atoms with Crippen molar-refractivity contribution < 1.29 is 9.18 Å². The van der Waals surface area contributed by atoms with E-state index >= 15 is 0 Å². The van der Waals surface area contributed by atoms with E-state index in [2.05, 4.69) is 5.10 Å². The van der Waals surface area contributed by atoms with Crippen molar-refractivity contribution in [3.63, 3.8) is 0 Å². The molecule has 6 nitrogen and oxygen atoms in total. The van der Waals surface area contributed by atoms with Crippen LogP contribution in [0.25, 0.3) is 0 Å². The maximum Gasteiger partial charge on any atom is 0.345 e. The Hall–Kier alpha value is -3.22. The molecule has 0 radical (unpaired) electrons. The average molecular weight is 408 g/mol. The summed E-state index contributed by atoms with van der Waals surface area (Å²) in [6.07, 6.45) is 2.15. The van der Waals surface area contributed by atoms with Gasteiger partial charge in [0, 0.05) is 32.6 Å². The largest absolute Gasteiger partial charge is 0.345 e. The fraction of sp³-hybridized carbons (Fsp3) is 0.348. The van der Waals surface area contributed by atoms with Gasteiger partial charge in [0.1, 0.15) is 11.6 Å². The molecule has 1 fully saturated rings. The third-order valence-corrected chi connectivity index (χ3v) is 5.76. The monoisotopic (exact) mass is 408 g/mol. The lowest BCUT2D eigenvalue weighted by Gasteiger charge is -2.31. The zero-order chi connectivity index (χ0) is 21.1. The Morgan fingerprint density at radius 1 is 1.07 bits per heavy atom. The minimum atomic E-state index is -0.496. The summed E-state index contributed by atoms with van der Waals surface area (Å²) in [6.45, 7) is 1.60. The van der Waals surface area contributed by atoms with Gasteiger partial charge in [-0.25, -0.2) is 13.9 Å². The Kier molecular flexibility index (Phi) is 5.79. The van der Waals surface area contributed by atoms with Crippen molar-refractivity contribution in [2.45, 2.75) is 31.7 Å². The van der Waals surface area contributed by atoms with Crippen molar-refractivity contribution in [3.8, 4) is 0 Å². The van der Waals surface area contributed by atoms with E-state index in [0.29, 0.717) is 32.5 Å². The molecule has 0 N–H and O–H groups in total. The number of benzene rings is 2. The van der Waals surface area contributed by atoms with Crippen LogP contribution in [0.2, 0.25) is 0 Å². The van der Waals surface area contributed by atoms with E-state index in [1.165, 1.54) is 22.4 Å². The SMILES string of the molecule is Cn1nc(C2CCN(C(=O)c3ccccc3F)CC2)n(CCc2ccccc2)c1=O. The molecule has 2 aromatic carbocycles. The molecule has 2 heterocycles. The summed E-state index contributed by atoms with van der Waals surface area (Å²) in [5.41, 5.74) is 1.16. The third kappa shape index (κ3) is 4.06. The minimum Gasteiger partial charge on any atom is -0.339 e. The Morgan fingerprint density at radius 3 is 2.43 bits per heavy atom. The number of carbonyl (C=O) groups excluding carboxylic acids is 1. The van der Waals surface area contributed by atoms with E-state index in [1.807, 2.05) is 30.3 Å². The van der Waals surface area contributed by atoms with E-state index in [0.717, 1.165) is 12.2 Å². The number of carbonyl (C=O) groups is 1. The maximum absolute atomic E-state index is 14.0. The van der Waals surface area contributed by atoms with Crippen LogP contribution in [-0.4, -0.2) is 38.2 Å². The molecule has 0 spiro atoms. The number of hydrogen-bond acceptors (Lipinski definition) is 3. The highest BCUT2D eigenvalue weighted by atomic mass is 19.1. The van der Waals surface area contributed by atoms with Gasteiger partial charge >= 0.3 is 5.69 Å². The number of aromatic nitrogens is 3. The molecule has 0 saturated carbocycles. The van der Waals surface area contributed by atoms with Crippen LogP contribution in [0.15, 0.2) is 59.4 Å². The molecule has 0 aliphatic carbocycles. The smallest absolute Gasteiger partial charge is 0.339 e. The number of halogens is 1. The number of nitrogens with zero attached hydrogens (tertiary/aromatic N) is 4. The van der Waals surface area contributed by atoms with E-state index in [-0.39, 0.29) is 23.1 Å². The lowest BCUT2D eigenvalue weighted by atomic mass is 9.95. The quantitative estimate of drug-likeness (QED) is 0.652. The van der Waals surface area contributed by atoms with Crippen LogP contribution in [0.3, 0.4) is 0 Å². The van der Waals surface area contributed by atoms with Gasteiger partial charge in [-0.05, 0) is 37.0 Å². The Bertz CT molecular complexity index is 1080. The molecule has 1 amide bonds. The van der Waals surface area contributed by atoms with Crippen molar-refractivity contribution in [1.29, 1.82) is 0 Å². The molecule has 4 rings (SSSR count). The van der Waals surface area contributed by atoms with Gasteiger partial charge in [0.05, 0.1) is 5.56 Å². The highest BCUT2D eigenvalue weighted by molar-refractivity contribution is 5.94. The third-order valence-electron chi connectivity index (χ3n) is 5.76. The van der Waals surface area contributed by atoms with Gasteiger partial charge in [-0.15, -0.1) is 0 Å². The Labute approximate surface area is 174 Å². The maximum atomic E-state index is 14.0. The van der Waals surface area contributed by atoms with Crippen molar-refractivity contribution in [2.75, 3.05) is 13.1 Å². The zero-order valence-corrected chi connectivity index (χ0v) is 17.0. The van der Waals surface area contributed by atoms with Crippen LogP contribution in [0.4, 0.5) is 4.39 Å². The van der Waals surface area contributed by atoms with Gasteiger partial charge in [0.25, 0.3) is 5.91 Å². The highest BCUT2D eigenvalue weighted by Crippen LogP contribution is 2.27. The van der Waals surface area contributed by atoms with Gasteiger partial charge in [0.15, 0.2) is 0 Å². The predicted octanol–water partition coefficient (Wildman–Crippen LogP) is 2.98. The Morgan fingerprint density at radius 2 is 1.73 bits per heavy atom. The number of amides is 1. The molecule has 30 heavy (non-hydrogen) atoms. The fourth-order valence-electron chi connectivity index (χ4n) is 4.07. The highest BCUT2D eigenvalue weighted by Gasteiger charge is 2.29. The van der Waals surface area contributed by atoms with Crippen LogP contribution in [0.1, 0.15) is 40.5 Å². The van der Waals surface area contributed by atoms with Crippen LogP contribution in [0, 0.1) is 5.82 Å². The molecule has 1 aliphatic heterocycles. The molecule has 3 aromatic rings. The van der Waals surface area contributed by atoms with Gasteiger partial charge < -0.3 is 4.90 Å². The van der Waals surface area contributed by atoms with E-state index in [4.69, 9.17) is 0 Å². The molecular weight excluding hydrogens is 383 g/mol. The van der Waals surface area contributed by atoms with Gasteiger partial charge in [-0.2, -0.15) is 5.10 Å². The summed E-state index contributed by atoms with van der Waals surface area (Å²) in [5, 5.41) is 4.49. The normalized spacial score (nSPS) is 14.8. The number of hydrogen-bond donors (Lipinski definition) is 0. The topological polar surface area (TPSA) is 60.1 Å². The second-order valence-electron chi connectivity index (χ2n) is 7.70. The number of aryl methyl sites for hydroxylation is 2. The number of rotatable bonds is 5. The van der Waals surface area contributed by atoms with Crippen molar-refractivity contribution in [1.82, 2.24) is 19.2 Å². The first-order chi connectivity index (χ1) is 14.5. The summed E-state index contributed by atoms with van der Waals surface area (Å²) in [4.78, 5) is 26.9. The lowest BCUT2D eigenvalue weighted by molar-refractivity contribution is 0.0705. The standard InChI is InChI=1S/C23H25FN4O2/c1-26-23(30)28(16-11-17-7-3-2-4-8-17)21(25-26)18-12-14-27(15-13-18)22(29)19-9-5-6-10-20(19)24/h2-10,18H,11-16H2,1H3. The number of likely N-dealkylation sites (tertiary alicyclic amines) is 1. The molecular formula is C23H25FN4O2. The summed E-state index contributed by atoms with van der Waals surface area (Å²) in [6, 6.07) is 16.1. The summed E-state index contributed by atoms with van der Waals surface area (Å²) >= 11 is 0. The molecule has 0 atom stereocenters. The summed E-state index contributed by atoms with van der Waals surface area (Å²) < 4.78 is 17.1. The molecule has 0 bridgehead atoms. The zero-order valence-electron chi connectivity index (χ0n) is 17.0. The van der Waals surface area contributed by atoms with Crippen LogP contribution < -0.4 is 5.69 Å². The van der Waals surface area contributed by atoms with Gasteiger partial charge in [0.2, 0.25) is 0 Å². The van der Waals surface area contributed by atoms with Crippen molar-refractivity contribution in [2.24, 2.45) is 7.05 Å². The van der Waals surface area contributed by atoms with Gasteiger partial charge in [-0.3, -0.25) is 9.36 Å². The predicted molar refractivity (Wildman–Crippen MR) is 112 cm³/mol. The second-order valence-corrected chi connectivity index (χ2v) is 7.70. The average Bonchev–Trinajstić information content (AvgIpc) is 3.07. The summed E-state index contributed by atoms with van der Waals surface area (Å²) in [5.74, 6) is 0.0916. The molecule has 156 valence electrons. The van der Waals surface area contributed by atoms with E-state index in [9.17, 15) is 14.0 Å². The van der Waals surface area contributed by atoms with E-state index < -0.39 is 5.82 Å². The van der Waals surface area contributed by atoms with Crippen LogP contribution >= 0.6 is 0 Å². The molecule has 7 heteroatoms. The van der Waals surface area contributed by atoms with Crippen molar-refractivity contribution in [3.05, 3.63) is 87.9 Å². The Balaban J connectivity index is 1.46. The summed E-state index contributed by atoms with van der Waals surface area (Å²) in [7, 11) is 1.67. The first-order valence-electron chi connectivity index (χ1n) is 10.3. The molecule has 1 saturated heterocycles. The van der Waals surface area contributed by atoms with Crippen LogP contribution in [-0.2, 0) is 20.0 Å². The first-order valence-corrected chi connectivity index (χ1v) is 10.3. The van der Waals surface area contributed by atoms with Crippen LogP contribution in [0.5, 0.6) is 0 Å².